The maximum atomic E-state index is 12.9. The number of aromatic nitrogens is 2. The molecule has 3 heteroatoms. The first kappa shape index (κ1) is 11.0. The standard InChI is InChI=1S/C15H13FN2/c1-11-3-2-8-18-14(11)10-17-15(18)9-12-4-6-13(16)7-5-12/h2-8,10H,9H2,1H3. The van der Waals surface area contributed by atoms with Gasteiger partial charge in [0.05, 0.1) is 11.7 Å². The second-order valence-electron chi connectivity index (χ2n) is 4.42. The van der Waals surface area contributed by atoms with Gasteiger partial charge in [-0.15, -0.1) is 0 Å². The summed E-state index contributed by atoms with van der Waals surface area (Å²) in [6.45, 7) is 2.07. The third-order valence-electron chi connectivity index (χ3n) is 3.13. The van der Waals surface area contributed by atoms with Gasteiger partial charge in [-0.05, 0) is 36.2 Å². The van der Waals surface area contributed by atoms with Gasteiger partial charge in [-0.25, -0.2) is 9.37 Å². The molecule has 0 radical (unpaired) electrons. The molecule has 2 aromatic heterocycles. The van der Waals surface area contributed by atoms with Gasteiger partial charge in [0.15, 0.2) is 0 Å². The molecule has 0 spiro atoms. The maximum Gasteiger partial charge on any atom is 0.123 e. The van der Waals surface area contributed by atoms with Crippen LogP contribution in [-0.4, -0.2) is 9.38 Å². The largest absolute Gasteiger partial charge is 0.303 e. The van der Waals surface area contributed by atoms with Crippen molar-refractivity contribution in [1.82, 2.24) is 9.38 Å². The SMILES string of the molecule is Cc1cccn2c(Cc3ccc(F)cc3)ncc12. The molecular formula is C15H13FN2. The lowest BCUT2D eigenvalue weighted by Gasteiger charge is -2.03. The van der Waals surface area contributed by atoms with Crippen molar-refractivity contribution < 1.29 is 4.39 Å². The smallest absolute Gasteiger partial charge is 0.123 e. The van der Waals surface area contributed by atoms with Crippen LogP contribution >= 0.6 is 0 Å². The predicted octanol–water partition coefficient (Wildman–Crippen LogP) is 3.37. The van der Waals surface area contributed by atoms with E-state index in [1.807, 2.05) is 18.5 Å². The minimum absolute atomic E-state index is 0.206. The van der Waals surface area contributed by atoms with Crippen molar-refractivity contribution in [1.29, 1.82) is 0 Å². The Kier molecular flexibility index (Phi) is 2.59. The zero-order valence-electron chi connectivity index (χ0n) is 10.1. The zero-order chi connectivity index (χ0) is 12.5. The predicted molar refractivity (Wildman–Crippen MR) is 69.1 cm³/mol. The molecule has 2 heterocycles. The van der Waals surface area contributed by atoms with Crippen molar-refractivity contribution in [2.45, 2.75) is 13.3 Å². The highest BCUT2D eigenvalue weighted by Gasteiger charge is 2.05. The number of halogens is 1. The monoisotopic (exact) mass is 240 g/mol. The molecule has 0 saturated carbocycles. The summed E-state index contributed by atoms with van der Waals surface area (Å²) < 4.78 is 14.9. The number of rotatable bonds is 2. The van der Waals surface area contributed by atoms with Gasteiger partial charge < -0.3 is 4.40 Å². The lowest BCUT2D eigenvalue weighted by atomic mass is 10.1. The Morgan fingerprint density at radius 3 is 2.72 bits per heavy atom. The van der Waals surface area contributed by atoms with Gasteiger partial charge >= 0.3 is 0 Å². The lowest BCUT2D eigenvalue weighted by molar-refractivity contribution is 0.627. The molecular weight excluding hydrogens is 227 g/mol. The quantitative estimate of drug-likeness (QED) is 0.671. The molecule has 1 aromatic carbocycles. The molecule has 0 fully saturated rings. The van der Waals surface area contributed by atoms with E-state index in [0.29, 0.717) is 6.42 Å². The minimum atomic E-state index is -0.206. The molecule has 90 valence electrons. The van der Waals surface area contributed by atoms with Crippen LogP contribution < -0.4 is 0 Å². The number of benzene rings is 1. The third kappa shape index (κ3) is 1.88. The van der Waals surface area contributed by atoms with Crippen molar-refractivity contribution in [3.63, 3.8) is 0 Å². The molecule has 3 rings (SSSR count). The molecule has 0 aliphatic carbocycles. The fraction of sp³-hybridized carbons (Fsp3) is 0.133. The average molecular weight is 240 g/mol. The molecule has 0 aliphatic heterocycles. The van der Waals surface area contributed by atoms with Crippen LogP contribution in [0.2, 0.25) is 0 Å². The molecule has 3 aromatic rings. The highest BCUT2D eigenvalue weighted by molar-refractivity contribution is 5.53. The first-order chi connectivity index (χ1) is 8.74. The maximum absolute atomic E-state index is 12.9. The van der Waals surface area contributed by atoms with E-state index in [1.54, 1.807) is 12.1 Å². The summed E-state index contributed by atoms with van der Waals surface area (Å²) in [6, 6.07) is 10.6. The Bertz CT molecular complexity index is 683. The fourth-order valence-corrected chi connectivity index (χ4v) is 2.13. The number of imidazole rings is 1. The Morgan fingerprint density at radius 2 is 1.94 bits per heavy atom. The van der Waals surface area contributed by atoms with Crippen LogP contribution in [0.3, 0.4) is 0 Å². The van der Waals surface area contributed by atoms with Crippen LogP contribution in [0.5, 0.6) is 0 Å². The molecule has 18 heavy (non-hydrogen) atoms. The van der Waals surface area contributed by atoms with E-state index in [0.717, 1.165) is 16.9 Å². The molecule has 0 N–H and O–H groups in total. The zero-order valence-corrected chi connectivity index (χ0v) is 10.1. The molecule has 0 amide bonds. The Morgan fingerprint density at radius 1 is 1.17 bits per heavy atom. The summed E-state index contributed by atoms with van der Waals surface area (Å²) in [5.41, 5.74) is 3.38. The van der Waals surface area contributed by atoms with E-state index in [1.165, 1.54) is 17.7 Å². The van der Waals surface area contributed by atoms with Crippen LogP contribution in [0.1, 0.15) is 17.0 Å². The summed E-state index contributed by atoms with van der Waals surface area (Å²) >= 11 is 0. The van der Waals surface area contributed by atoms with Crippen LogP contribution in [0.25, 0.3) is 5.52 Å². The lowest BCUT2D eigenvalue weighted by Crippen LogP contribution is -1.96. The first-order valence-corrected chi connectivity index (χ1v) is 5.90. The van der Waals surface area contributed by atoms with Gasteiger partial charge in [0, 0.05) is 12.6 Å². The number of aryl methyl sites for hydroxylation is 1. The number of hydrogen-bond donors (Lipinski definition) is 0. The summed E-state index contributed by atoms with van der Waals surface area (Å²) in [5, 5.41) is 0. The second kappa shape index (κ2) is 4.26. The Hall–Kier alpha value is -2.16. The number of fused-ring (bicyclic) bond motifs is 1. The van der Waals surface area contributed by atoms with Gasteiger partial charge in [-0.3, -0.25) is 0 Å². The van der Waals surface area contributed by atoms with Gasteiger partial charge in [0.1, 0.15) is 11.6 Å². The molecule has 2 nitrogen and oxygen atoms in total. The third-order valence-corrected chi connectivity index (χ3v) is 3.13. The number of pyridine rings is 1. The summed E-state index contributed by atoms with van der Waals surface area (Å²) in [7, 11) is 0. The Balaban J connectivity index is 2.00. The van der Waals surface area contributed by atoms with Crippen molar-refractivity contribution in [3.8, 4) is 0 Å². The van der Waals surface area contributed by atoms with E-state index in [9.17, 15) is 4.39 Å². The summed E-state index contributed by atoms with van der Waals surface area (Å²) in [6.07, 6.45) is 4.60. The van der Waals surface area contributed by atoms with E-state index in [4.69, 9.17) is 0 Å². The van der Waals surface area contributed by atoms with Gasteiger partial charge in [0.25, 0.3) is 0 Å². The summed E-state index contributed by atoms with van der Waals surface area (Å²) in [5.74, 6) is 0.767. The van der Waals surface area contributed by atoms with Gasteiger partial charge in [-0.1, -0.05) is 18.2 Å². The highest BCUT2D eigenvalue weighted by atomic mass is 19.1. The molecule has 0 saturated heterocycles. The fourth-order valence-electron chi connectivity index (χ4n) is 2.13. The van der Waals surface area contributed by atoms with Crippen molar-refractivity contribution in [2.24, 2.45) is 0 Å². The topological polar surface area (TPSA) is 17.3 Å². The molecule has 0 aliphatic rings. The number of nitrogens with zero attached hydrogens (tertiary/aromatic N) is 2. The van der Waals surface area contributed by atoms with E-state index in [-0.39, 0.29) is 5.82 Å². The Labute approximate surface area is 105 Å². The highest BCUT2D eigenvalue weighted by Crippen LogP contribution is 2.15. The molecule has 0 bridgehead atoms. The summed E-state index contributed by atoms with van der Waals surface area (Å²) in [4.78, 5) is 4.44. The second-order valence-corrected chi connectivity index (χ2v) is 4.42. The van der Waals surface area contributed by atoms with Crippen molar-refractivity contribution in [3.05, 3.63) is 71.6 Å². The molecule has 0 atom stereocenters. The van der Waals surface area contributed by atoms with Crippen molar-refractivity contribution in [2.75, 3.05) is 0 Å². The van der Waals surface area contributed by atoms with Crippen molar-refractivity contribution >= 4 is 5.52 Å². The molecule has 0 unspecified atom stereocenters. The van der Waals surface area contributed by atoms with Crippen LogP contribution in [-0.2, 0) is 6.42 Å². The van der Waals surface area contributed by atoms with Crippen LogP contribution in [0.15, 0.2) is 48.8 Å². The average Bonchev–Trinajstić information content (AvgIpc) is 2.77. The van der Waals surface area contributed by atoms with E-state index in [2.05, 4.69) is 22.4 Å². The number of hydrogen-bond acceptors (Lipinski definition) is 1. The normalized spacial score (nSPS) is 11.0. The van der Waals surface area contributed by atoms with E-state index >= 15 is 0 Å². The van der Waals surface area contributed by atoms with Crippen LogP contribution in [0, 0.1) is 12.7 Å². The van der Waals surface area contributed by atoms with Gasteiger partial charge in [0.2, 0.25) is 0 Å². The van der Waals surface area contributed by atoms with Gasteiger partial charge in [-0.2, -0.15) is 0 Å². The van der Waals surface area contributed by atoms with E-state index < -0.39 is 0 Å². The first-order valence-electron chi connectivity index (χ1n) is 5.90. The minimum Gasteiger partial charge on any atom is -0.303 e. The van der Waals surface area contributed by atoms with Crippen LogP contribution in [0.4, 0.5) is 4.39 Å².